The van der Waals surface area contributed by atoms with Crippen LogP contribution in [-0.4, -0.2) is 31.3 Å². The molecule has 2 unspecified atom stereocenters. The maximum absolute atomic E-state index is 12.5. The van der Waals surface area contributed by atoms with Crippen molar-refractivity contribution >= 4 is 23.4 Å². The van der Waals surface area contributed by atoms with Crippen LogP contribution in [0, 0.1) is 0 Å². The molecule has 0 fully saturated rings. The molecule has 2 N–H and O–H groups in total. The summed E-state index contributed by atoms with van der Waals surface area (Å²) in [7, 11) is 3.21. The van der Waals surface area contributed by atoms with E-state index in [1.165, 1.54) is 11.8 Å². The summed E-state index contributed by atoms with van der Waals surface area (Å²) in [5, 5.41) is 12.9. The van der Waals surface area contributed by atoms with Crippen molar-refractivity contribution in [1.29, 1.82) is 0 Å². The van der Waals surface area contributed by atoms with E-state index < -0.39 is 17.3 Å². The standard InChI is InChI=1S/C23H21NO5S/c1-27-15-5-3-14(4-6-15)22-21(25)23(26)24-19-12-11-18(13-20(19)30-22)29-17-9-7-16(28-2)8-10-17/h3-13,21-22,25H,1-2H3,(H,24,26). The summed E-state index contributed by atoms with van der Waals surface area (Å²) < 4.78 is 16.3. The molecule has 0 spiro atoms. The molecule has 0 saturated carbocycles. The molecule has 3 aromatic carbocycles. The van der Waals surface area contributed by atoms with Crippen molar-refractivity contribution in [2.24, 2.45) is 0 Å². The average Bonchev–Trinajstić information content (AvgIpc) is 2.90. The number of carbonyl (C=O) groups is 1. The fourth-order valence-corrected chi connectivity index (χ4v) is 4.39. The predicted molar refractivity (Wildman–Crippen MR) is 116 cm³/mol. The summed E-state index contributed by atoms with van der Waals surface area (Å²) in [5.74, 6) is 2.33. The van der Waals surface area contributed by atoms with Gasteiger partial charge in [0, 0.05) is 4.90 Å². The molecule has 1 heterocycles. The quantitative estimate of drug-likeness (QED) is 0.623. The molecule has 0 saturated heterocycles. The Morgan fingerprint density at radius 2 is 1.40 bits per heavy atom. The first kappa shape index (κ1) is 20.1. The number of hydrogen-bond donors (Lipinski definition) is 2. The van der Waals surface area contributed by atoms with Crippen LogP contribution in [-0.2, 0) is 4.79 Å². The largest absolute Gasteiger partial charge is 0.497 e. The van der Waals surface area contributed by atoms with Crippen molar-refractivity contribution in [3.05, 3.63) is 72.3 Å². The molecule has 0 aliphatic carbocycles. The van der Waals surface area contributed by atoms with E-state index in [-0.39, 0.29) is 0 Å². The van der Waals surface area contributed by atoms with E-state index in [9.17, 15) is 9.90 Å². The molecular weight excluding hydrogens is 402 g/mol. The van der Waals surface area contributed by atoms with Crippen LogP contribution in [0.25, 0.3) is 0 Å². The lowest BCUT2D eigenvalue weighted by atomic mass is 10.1. The number of methoxy groups -OCH3 is 2. The highest BCUT2D eigenvalue weighted by molar-refractivity contribution is 7.99. The van der Waals surface area contributed by atoms with E-state index in [1.807, 2.05) is 54.6 Å². The number of rotatable bonds is 5. The number of aliphatic hydroxyl groups is 1. The molecular formula is C23H21NO5S. The molecule has 30 heavy (non-hydrogen) atoms. The number of fused-ring (bicyclic) bond motifs is 1. The predicted octanol–water partition coefficient (Wildman–Crippen LogP) is 4.64. The molecule has 6 nitrogen and oxygen atoms in total. The van der Waals surface area contributed by atoms with E-state index in [4.69, 9.17) is 14.2 Å². The fraction of sp³-hybridized carbons (Fsp3) is 0.174. The highest BCUT2D eigenvalue weighted by Crippen LogP contribution is 2.45. The third-order valence-electron chi connectivity index (χ3n) is 4.76. The Bertz CT molecular complexity index is 1040. The summed E-state index contributed by atoms with van der Waals surface area (Å²) in [5.41, 5.74) is 1.47. The zero-order chi connectivity index (χ0) is 21.1. The van der Waals surface area contributed by atoms with Gasteiger partial charge in [-0.2, -0.15) is 0 Å². The van der Waals surface area contributed by atoms with Gasteiger partial charge in [-0.15, -0.1) is 11.8 Å². The van der Waals surface area contributed by atoms with Crippen LogP contribution >= 0.6 is 11.8 Å². The first-order valence-corrected chi connectivity index (χ1v) is 10.2. The van der Waals surface area contributed by atoms with Gasteiger partial charge in [0.15, 0.2) is 0 Å². The van der Waals surface area contributed by atoms with Gasteiger partial charge in [-0.05, 0) is 60.2 Å². The molecule has 1 aliphatic rings. The van der Waals surface area contributed by atoms with Crippen LogP contribution in [0.5, 0.6) is 23.0 Å². The number of carbonyl (C=O) groups excluding carboxylic acids is 1. The van der Waals surface area contributed by atoms with Crippen LogP contribution in [0.3, 0.4) is 0 Å². The van der Waals surface area contributed by atoms with E-state index in [2.05, 4.69) is 5.32 Å². The van der Waals surface area contributed by atoms with Crippen LogP contribution in [0.2, 0.25) is 0 Å². The highest BCUT2D eigenvalue weighted by atomic mass is 32.2. The molecule has 0 radical (unpaired) electrons. The second kappa shape index (κ2) is 8.69. The lowest BCUT2D eigenvalue weighted by Gasteiger charge is -2.19. The molecule has 1 aliphatic heterocycles. The molecule has 4 rings (SSSR count). The Morgan fingerprint density at radius 1 is 0.833 bits per heavy atom. The SMILES string of the molecule is COc1ccc(Oc2ccc3c(c2)SC(c2ccc(OC)cc2)C(O)C(=O)N3)cc1. The van der Waals surface area contributed by atoms with Gasteiger partial charge in [-0.3, -0.25) is 4.79 Å². The van der Waals surface area contributed by atoms with Gasteiger partial charge < -0.3 is 24.6 Å². The molecule has 0 bridgehead atoms. The number of thioether (sulfide) groups is 1. The summed E-state index contributed by atoms with van der Waals surface area (Å²) in [6.45, 7) is 0. The minimum atomic E-state index is -1.19. The van der Waals surface area contributed by atoms with Crippen LogP contribution < -0.4 is 19.5 Å². The topological polar surface area (TPSA) is 77.0 Å². The van der Waals surface area contributed by atoms with Crippen molar-refractivity contribution in [1.82, 2.24) is 0 Å². The first-order valence-electron chi connectivity index (χ1n) is 9.33. The van der Waals surface area contributed by atoms with Gasteiger partial charge in [0.05, 0.1) is 25.2 Å². The molecule has 3 aromatic rings. The van der Waals surface area contributed by atoms with Crippen molar-refractivity contribution in [3.8, 4) is 23.0 Å². The van der Waals surface area contributed by atoms with Crippen molar-refractivity contribution in [2.75, 3.05) is 19.5 Å². The van der Waals surface area contributed by atoms with Gasteiger partial charge in [0.2, 0.25) is 0 Å². The van der Waals surface area contributed by atoms with E-state index >= 15 is 0 Å². The van der Waals surface area contributed by atoms with E-state index in [1.54, 1.807) is 26.4 Å². The Hall–Kier alpha value is -3.16. The lowest BCUT2D eigenvalue weighted by Crippen LogP contribution is -2.30. The van der Waals surface area contributed by atoms with Crippen LogP contribution in [0.15, 0.2) is 71.6 Å². The van der Waals surface area contributed by atoms with Crippen molar-refractivity contribution < 1.29 is 24.1 Å². The Kier molecular flexibility index (Phi) is 5.83. The fourth-order valence-electron chi connectivity index (χ4n) is 3.14. The first-order chi connectivity index (χ1) is 14.6. The number of hydrogen-bond acceptors (Lipinski definition) is 6. The third kappa shape index (κ3) is 4.22. The number of amides is 1. The minimum Gasteiger partial charge on any atom is -0.497 e. The lowest BCUT2D eigenvalue weighted by molar-refractivity contribution is -0.124. The van der Waals surface area contributed by atoms with E-state index in [0.717, 1.165) is 16.2 Å². The van der Waals surface area contributed by atoms with Gasteiger partial charge in [0.1, 0.15) is 29.1 Å². The molecule has 1 amide bonds. The van der Waals surface area contributed by atoms with Gasteiger partial charge in [-0.1, -0.05) is 12.1 Å². The molecule has 7 heteroatoms. The van der Waals surface area contributed by atoms with Crippen molar-refractivity contribution in [3.63, 3.8) is 0 Å². The van der Waals surface area contributed by atoms with E-state index in [0.29, 0.717) is 22.9 Å². The second-order valence-electron chi connectivity index (χ2n) is 6.68. The van der Waals surface area contributed by atoms with Gasteiger partial charge in [-0.25, -0.2) is 0 Å². The van der Waals surface area contributed by atoms with Crippen LogP contribution in [0.4, 0.5) is 5.69 Å². The Balaban J connectivity index is 1.62. The third-order valence-corrected chi connectivity index (χ3v) is 6.14. The Labute approximate surface area is 178 Å². The number of nitrogens with one attached hydrogen (secondary N) is 1. The second-order valence-corrected chi connectivity index (χ2v) is 7.86. The maximum atomic E-state index is 12.5. The number of benzene rings is 3. The van der Waals surface area contributed by atoms with Gasteiger partial charge >= 0.3 is 0 Å². The zero-order valence-electron chi connectivity index (χ0n) is 16.5. The summed E-state index contributed by atoms with van der Waals surface area (Å²) in [6, 6.07) is 20.1. The smallest absolute Gasteiger partial charge is 0.254 e. The Morgan fingerprint density at radius 3 is 2.03 bits per heavy atom. The van der Waals surface area contributed by atoms with Crippen molar-refractivity contribution in [2.45, 2.75) is 16.2 Å². The minimum absolute atomic E-state index is 0.439. The molecule has 2 atom stereocenters. The summed E-state index contributed by atoms with van der Waals surface area (Å²) in [4.78, 5) is 13.3. The molecule has 0 aromatic heterocycles. The summed E-state index contributed by atoms with van der Waals surface area (Å²) in [6.07, 6.45) is -1.19. The van der Waals surface area contributed by atoms with Crippen LogP contribution in [0.1, 0.15) is 10.8 Å². The average molecular weight is 423 g/mol. The number of anilines is 1. The highest BCUT2D eigenvalue weighted by Gasteiger charge is 2.33. The summed E-state index contributed by atoms with van der Waals surface area (Å²) >= 11 is 1.41. The van der Waals surface area contributed by atoms with Gasteiger partial charge in [0.25, 0.3) is 5.91 Å². The number of ether oxygens (including phenoxy) is 3. The zero-order valence-corrected chi connectivity index (χ0v) is 17.3. The maximum Gasteiger partial charge on any atom is 0.254 e. The molecule has 154 valence electrons. The number of aliphatic hydroxyl groups excluding tert-OH is 1. The monoisotopic (exact) mass is 423 g/mol. The normalized spacial score (nSPS) is 18.0.